The summed E-state index contributed by atoms with van der Waals surface area (Å²) in [4.78, 5) is 18.8. The summed E-state index contributed by atoms with van der Waals surface area (Å²) in [5.74, 6) is 0.833. The van der Waals surface area contributed by atoms with Crippen LogP contribution in [0.2, 0.25) is 5.02 Å². The van der Waals surface area contributed by atoms with Gasteiger partial charge >= 0.3 is 12.0 Å². The number of carboxylic acids is 1. The van der Waals surface area contributed by atoms with Crippen LogP contribution >= 0.6 is 11.6 Å². The Balaban J connectivity index is 1.30. The molecule has 0 spiro atoms. The van der Waals surface area contributed by atoms with Crippen molar-refractivity contribution in [3.05, 3.63) is 53.1 Å². The fraction of sp³-hybridized carbons (Fsp3) is 0.304. The fourth-order valence-corrected chi connectivity index (χ4v) is 4.48. The lowest BCUT2D eigenvalue weighted by Gasteiger charge is -2.27. The predicted octanol–water partition coefficient (Wildman–Crippen LogP) is 5.76. The molecular weight excluding hydrogens is 430 g/mol. The van der Waals surface area contributed by atoms with Crippen LogP contribution in [0.5, 0.6) is 0 Å². The Labute approximate surface area is 189 Å². The van der Waals surface area contributed by atoms with Crippen molar-refractivity contribution in [1.82, 2.24) is 20.2 Å². The van der Waals surface area contributed by atoms with Crippen molar-refractivity contribution in [2.24, 2.45) is 5.92 Å². The third kappa shape index (κ3) is 4.45. The van der Waals surface area contributed by atoms with Crippen molar-refractivity contribution in [2.75, 3.05) is 5.32 Å². The van der Waals surface area contributed by atoms with E-state index in [1.165, 1.54) is 5.56 Å². The summed E-state index contributed by atoms with van der Waals surface area (Å²) in [6.07, 6.45) is 4.18. The number of hydrogen-bond acceptors (Lipinski definition) is 6. The summed E-state index contributed by atoms with van der Waals surface area (Å²) in [6, 6.07) is 13.7. The van der Waals surface area contributed by atoms with Gasteiger partial charge in [-0.3, -0.25) is 4.79 Å². The molecule has 0 radical (unpaired) electrons. The van der Waals surface area contributed by atoms with E-state index in [9.17, 15) is 4.79 Å². The van der Waals surface area contributed by atoms with Gasteiger partial charge in [-0.25, -0.2) is 4.98 Å². The molecule has 3 N–H and O–H groups in total. The van der Waals surface area contributed by atoms with Gasteiger partial charge in [-0.15, -0.1) is 5.10 Å². The maximum absolute atomic E-state index is 11.0. The molecule has 0 aliphatic heterocycles. The van der Waals surface area contributed by atoms with Crippen molar-refractivity contribution >= 4 is 40.3 Å². The molecule has 1 aliphatic rings. The number of fused-ring (bicyclic) bond motifs is 1. The molecule has 0 atom stereocenters. The van der Waals surface area contributed by atoms with Gasteiger partial charge in [0, 0.05) is 17.1 Å². The van der Waals surface area contributed by atoms with E-state index < -0.39 is 5.97 Å². The first-order valence-corrected chi connectivity index (χ1v) is 11.0. The minimum atomic E-state index is -0.702. The van der Waals surface area contributed by atoms with Gasteiger partial charge in [0.15, 0.2) is 5.82 Å². The van der Waals surface area contributed by atoms with E-state index in [1.54, 1.807) is 12.1 Å². The number of imidazole rings is 1. The highest BCUT2D eigenvalue weighted by molar-refractivity contribution is 6.30. The van der Waals surface area contributed by atoms with Crippen LogP contribution in [0, 0.1) is 5.92 Å². The van der Waals surface area contributed by atoms with E-state index in [4.69, 9.17) is 21.1 Å². The van der Waals surface area contributed by atoms with Crippen LogP contribution < -0.4 is 5.32 Å². The summed E-state index contributed by atoms with van der Waals surface area (Å²) in [5.41, 5.74) is 3.76. The van der Waals surface area contributed by atoms with E-state index >= 15 is 0 Å². The highest BCUT2D eigenvalue weighted by Gasteiger charge is 2.24. The molecule has 32 heavy (non-hydrogen) atoms. The normalized spacial score (nSPS) is 18.7. The second-order valence-electron chi connectivity index (χ2n) is 8.22. The Bertz CT molecular complexity index is 1240. The number of carboxylic acid groups (broad SMARTS) is 1. The molecule has 8 nitrogen and oxygen atoms in total. The fourth-order valence-electron chi connectivity index (χ4n) is 4.35. The zero-order valence-electron chi connectivity index (χ0n) is 17.2. The van der Waals surface area contributed by atoms with Crippen LogP contribution in [0.1, 0.15) is 43.6 Å². The molecule has 1 fully saturated rings. The standard InChI is InChI=1S/C23H22ClN5O3/c24-16-6-8-17(9-7-16)25-23-29-28-22(32-23)21-26-18-10-5-15(12-19(18)27-21)14-3-1-13(2-4-14)11-20(30)31/h5-10,12-14H,1-4,11H2,(H,25,29)(H,26,27)(H,30,31)/t13-,14-. The largest absolute Gasteiger partial charge is 0.481 e. The first-order valence-electron chi connectivity index (χ1n) is 10.6. The lowest BCUT2D eigenvalue weighted by Crippen LogP contribution is -2.16. The Kier molecular flexibility index (Phi) is 5.53. The number of rotatable bonds is 6. The summed E-state index contributed by atoms with van der Waals surface area (Å²) in [5, 5.41) is 20.8. The maximum atomic E-state index is 11.0. The zero-order chi connectivity index (χ0) is 22.1. The van der Waals surface area contributed by atoms with E-state index in [0.29, 0.717) is 22.7 Å². The number of anilines is 2. The second kappa shape index (κ2) is 8.63. The smallest absolute Gasteiger partial charge is 0.320 e. The van der Waals surface area contributed by atoms with Crippen LogP contribution in [0.4, 0.5) is 11.7 Å². The number of aromatic amines is 1. The Hall–Kier alpha value is -3.39. The lowest BCUT2D eigenvalue weighted by atomic mass is 9.77. The van der Waals surface area contributed by atoms with Gasteiger partial charge < -0.3 is 19.8 Å². The van der Waals surface area contributed by atoms with Crippen LogP contribution in [0.15, 0.2) is 46.9 Å². The van der Waals surface area contributed by atoms with Gasteiger partial charge in [0.05, 0.1) is 11.0 Å². The van der Waals surface area contributed by atoms with E-state index in [2.05, 4.69) is 37.6 Å². The van der Waals surface area contributed by atoms with Gasteiger partial charge in [-0.05, 0) is 79.5 Å². The zero-order valence-corrected chi connectivity index (χ0v) is 18.0. The number of nitrogens with one attached hydrogen (secondary N) is 2. The number of halogens is 1. The van der Waals surface area contributed by atoms with Crippen LogP contribution in [-0.4, -0.2) is 31.2 Å². The van der Waals surface area contributed by atoms with E-state index in [1.807, 2.05) is 18.2 Å². The predicted molar refractivity (Wildman–Crippen MR) is 121 cm³/mol. The second-order valence-corrected chi connectivity index (χ2v) is 8.66. The quantitative estimate of drug-likeness (QED) is 0.341. The first kappa shape index (κ1) is 20.5. The van der Waals surface area contributed by atoms with Gasteiger partial charge in [0.25, 0.3) is 5.89 Å². The summed E-state index contributed by atoms with van der Waals surface area (Å²) >= 11 is 5.91. The van der Waals surface area contributed by atoms with Crippen molar-refractivity contribution in [2.45, 2.75) is 38.0 Å². The Morgan fingerprint density at radius 3 is 2.66 bits per heavy atom. The van der Waals surface area contributed by atoms with Crippen LogP contribution in [0.25, 0.3) is 22.7 Å². The summed E-state index contributed by atoms with van der Waals surface area (Å²) in [7, 11) is 0. The van der Waals surface area contributed by atoms with E-state index in [0.717, 1.165) is 42.4 Å². The molecule has 4 aromatic rings. The van der Waals surface area contributed by atoms with Crippen molar-refractivity contribution in [3.8, 4) is 11.7 Å². The maximum Gasteiger partial charge on any atom is 0.320 e. The SMILES string of the molecule is O=C(O)C[C@H]1CC[C@H](c2ccc3[nH]c(-c4nnc(Nc5ccc(Cl)cc5)o4)nc3c2)CC1. The number of hydrogen-bond donors (Lipinski definition) is 3. The number of aliphatic carboxylic acids is 1. The lowest BCUT2D eigenvalue weighted by molar-refractivity contribution is -0.138. The minimum Gasteiger partial charge on any atom is -0.481 e. The minimum absolute atomic E-state index is 0.265. The first-order chi connectivity index (χ1) is 15.5. The van der Waals surface area contributed by atoms with Gasteiger partial charge in [-0.2, -0.15) is 0 Å². The average molecular weight is 452 g/mol. The number of carbonyl (C=O) groups is 1. The summed E-state index contributed by atoms with van der Waals surface area (Å²) < 4.78 is 5.72. The average Bonchev–Trinajstić information content (AvgIpc) is 3.42. The molecule has 9 heteroatoms. The number of nitrogens with zero attached hydrogens (tertiary/aromatic N) is 3. The van der Waals surface area contributed by atoms with Crippen molar-refractivity contribution < 1.29 is 14.3 Å². The Morgan fingerprint density at radius 2 is 1.91 bits per heavy atom. The topological polar surface area (TPSA) is 117 Å². The van der Waals surface area contributed by atoms with E-state index in [-0.39, 0.29) is 18.4 Å². The highest BCUT2D eigenvalue weighted by atomic mass is 35.5. The molecule has 164 valence electrons. The third-order valence-corrected chi connectivity index (χ3v) is 6.26. The molecule has 1 saturated carbocycles. The third-order valence-electron chi connectivity index (χ3n) is 6.01. The van der Waals surface area contributed by atoms with Crippen molar-refractivity contribution in [1.29, 1.82) is 0 Å². The molecule has 2 heterocycles. The molecule has 2 aromatic carbocycles. The molecule has 0 saturated heterocycles. The molecule has 0 unspecified atom stereocenters. The van der Waals surface area contributed by atoms with Crippen LogP contribution in [-0.2, 0) is 4.79 Å². The molecule has 0 bridgehead atoms. The number of H-pyrrole nitrogens is 1. The molecule has 2 aromatic heterocycles. The molecule has 0 amide bonds. The molecular formula is C23H22ClN5O3. The Morgan fingerprint density at radius 1 is 1.12 bits per heavy atom. The highest BCUT2D eigenvalue weighted by Crippen LogP contribution is 2.38. The molecule has 1 aliphatic carbocycles. The van der Waals surface area contributed by atoms with Gasteiger partial charge in [-0.1, -0.05) is 22.8 Å². The van der Waals surface area contributed by atoms with Gasteiger partial charge in [0.1, 0.15) is 0 Å². The molecule has 5 rings (SSSR count). The number of aromatic nitrogens is 4. The summed E-state index contributed by atoms with van der Waals surface area (Å²) in [6.45, 7) is 0. The monoisotopic (exact) mass is 451 g/mol. The number of benzene rings is 2. The van der Waals surface area contributed by atoms with Crippen LogP contribution in [0.3, 0.4) is 0 Å². The van der Waals surface area contributed by atoms with Crippen molar-refractivity contribution in [3.63, 3.8) is 0 Å². The van der Waals surface area contributed by atoms with Gasteiger partial charge in [0.2, 0.25) is 0 Å².